The third-order valence-corrected chi connectivity index (χ3v) is 2.01. The Bertz CT molecular complexity index is 177. The number of rotatable bonds is 2. The van der Waals surface area contributed by atoms with Crippen LogP contribution in [0.25, 0.3) is 0 Å². The SMILES string of the molecule is CN=CC(=NN)C1(C)CC1. The molecule has 56 valence electrons. The first-order chi connectivity index (χ1) is 4.73. The van der Waals surface area contributed by atoms with Crippen LogP contribution in [0.15, 0.2) is 10.1 Å². The summed E-state index contributed by atoms with van der Waals surface area (Å²) in [5, 5.41) is 3.68. The Balaban J connectivity index is 2.67. The maximum absolute atomic E-state index is 5.18. The van der Waals surface area contributed by atoms with Gasteiger partial charge in [0.2, 0.25) is 0 Å². The monoisotopic (exact) mass is 139 g/mol. The van der Waals surface area contributed by atoms with E-state index in [4.69, 9.17) is 5.84 Å². The third-order valence-electron chi connectivity index (χ3n) is 2.01. The van der Waals surface area contributed by atoms with Gasteiger partial charge in [0.1, 0.15) is 0 Å². The fourth-order valence-electron chi connectivity index (χ4n) is 0.911. The highest BCUT2D eigenvalue weighted by Crippen LogP contribution is 2.45. The fourth-order valence-corrected chi connectivity index (χ4v) is 0.911. The second kappa shape index (κ2) is 2.40. The van der Waals surface area contributed by atoms with E-state index in [2.05, 4.69) is 17.0 Å². The highest BCUT2D eigenvalue weighted by molar-refractivity contribution is 6.33. The first-order valence-electron chi connectivity index (χ1n) is 3.43. The van der Waals surface area contributed by atoms with Gasteiger partial charge in [0.15, 0.2) is 0 Å². The number of hydrogen-bond donors (Lipinski definition) is 1. The molecule has 1 aliphatic rings. The number of hydrogen-bond acceptors (Lipinski definition) is 3. The maximum atomic E-state index is 5.18. The van der Waals surface area contributed by atoms with Crippen LogP contribution in [0, 0.1) is 5.41 Å². The number of nitrogens with zero attached hydrogens (tertiary/aromatic N) is 2. The van der Waals surface area contributed by atoms with Crippen LogP contribution in [0.5, 0.6) is 0 Å². The zero-order chi connectivity index (χ0) is 7.61. The third kappa shape index (κ3) is 1.17. The molecule has 1 rings (SSSR count). The summed E-state index contributed by atoms with van der Waals surface area (Å²) in [5.74, 6) is 5.18. The van der Waals surface area contributed by atoms with Gasteiger partial charge in [-0.1, -0.05) is 6.92 Å². The first-order valence-corrected chi connectivity index (χ1v) is 3.43. The van der Waals surface area contributed by atoms with Gasteiger partial charge in [-0.05, 0) is 12.8 Å². The van der Waals surface area contributed by atoms with Crippen molar-refractivity contribution in [3.05, 3.63) is 0 Å². The molecule has 0 bridgehead atoms. The van der Waals surface area contributed by atoms with Crippen molar-refractivity contribution in [2.45, 2.75) is 19.8 Å². The van der Waals surface area contributed by atoms with Crippen LogP contribution in [0.2, 0.25) is 0 Å². The largest absolute Gasteiger partial charge is 0.323 e. The van der Waals surface area contributed by atoms with Crippen LogP contribution < -0.4 is 5.84 Å². The van der Waals surface area contributed by atoms with Gasteiger partial charge < -0.3 is 5.84 Å². The molecular formula is C7H13N3. The molecule has 0 aromatic heterocycles. The second-order valence-electron chi connectivity index (χ2n) is 2.96. The van der Waals surface area contributed by atoms with Crippen LogP contribution in [-0.4, -0.2) is 19.0 Å². The molecule has 10 heavy (non-hydrogen) atoms. The molecule has 1 fully saturated rings. The Kier molecular flexibility index (Phi) is 1.74. The minimum absolute atomic E-state index is 0.244. The average Bonchev–Trinajstić information content (AvgIpc) is 2.64. The lowest BCUT2D eigenvalue weighted by molar-refractivity contribution is 0.808. The molecule has 0 amide bonds. The molecule has 0 saturated heterocycles. The van der Waals surface area contributed by atoms with E-state index < -0.39 is 0 Å². The van der Waals surface area contributed by atoms with Gasteiger partial charge in [-0.25, -0.2) is 0 Å². The minimum atomic E-state index is 0.244. The summed E-state index contributed by atoms with van der Waals surface area (Å²) in [5.41, 5.74) is 1.17. The van der Waals surface area contributed by atoms with Crippen LogP contribution in [0.4, 0.5) is 0 Å². The van der Waals surface area contributed by atoms with Gasteiger partial charge in [-0.2, -0.15) is 5.10 Å². The summed E-state index contributed by atoms with van der Waals surface area (Å²) in [6.45, 7) is 2.15. The molecular weight excluding hydrogens is 126 g/mol. The van der Waals surface area contributed by atoms with E-state index in [1.165, 1.54) is 12.8 Å². The smallest absolute Gasteiger partial charge is 0.0837 e. The fraction of sp³-hybridized carbons (Fsp3) is 0.714. The van der Waals surface area contributed by atoms with E-state index in [0.717, 1.165) is 5.71 Å². The van der Waals surface area contributed by atoms with Crippen LogP contribution in [0.3, 0.4) is 0 Å². The zero-order valence-corrected chi connectivity index (χ0v) is 6.46. The molecule has 0 radical (unpaired) electrons. The lowest BCUT2D eigenvalue weighted by Gasteiger charge is -2.04. The van der Waals surface area contributed by atoms with Gasteiger partial charge in [-0.15, -0.1) is 0 Å². The standard InChI is InChI=1S/C7H13N3/c1-7(3-4-7)6(10-8)5-9-2/h5H,3-4,8H2,1-2H3. The van der Waals surface area contributed by atoms with E-state index >= 15 is 0 Å². The van der Waals surface area contributed by atoms with Gasteiger partial charge in [0, 0.05) is 18.7 Å². The van der Waals surface area contributed by atoms with Crippen LogP contribution >= 0.6 is 0 Å². The predicted octanol–water partition coefficient (Wildman–Crippen LogP) is 0.802. The van der Waals surface area contributed by atoms with Crippen molar-refractivity contribution in [3.63, 3.8) is 0 Å². The molecule has 1 aliphatic carbocycles. The molecule has 0 aliphatic heterocycles. The molecule has 1 saturated carbocycles. The Hall–Kier alpha value is -0.860. The minimum Gasteiger partial charge on any atom is -0.323 e. The molecule has 0 aromatic carbocycles. The first kappa shape index (κ1) is 7.25. The van der Waals surface area contributed by atoms with E-state index in [0.29, 0.717) is 0 Å². The van der Waals surface area contributed by atoms with Gasteiger partial charge in [0.05, 0.1) is 5.71 Å². The summed E-state index contributed by atoms with van der Waals surface area (Å²) in [6, 6.07) is 0. The quantitative estimate of drug-likeness (QED) is 0.343. The molecule has 0 atom stereocenters. The van der Waals surface area contributed by atoms with Crippen molar-refractivity contribution in [1.82, 2.24) is 0 Å². The van der Waals surface area contributed by atoms with E-state index in [-0.39, 0.29) is 5.41 Å². The molecule has 3 heteroatoms. The highest BCUT2D eigenvalue weighted by Gasteiger charge is 2.41. The molecule has 0 spiro atoms. The van der Waals surface area contributed by atoms with Crippen molar-refractivity contribution in [3.8, 4) is 0 Å². The van der Waals surface area contributed by atoms with Gasteiger partial charge in [0.25, 0.3) is 0 Å². The highest BCUT2D eigenvalue weighted by atomic mass is 15.1. The van der Waals surface area contributed by atoms with Crippen molar-refractivity contribution < 1.29 is 0 Å². The molecule has 2 N–H and O–H groups in total. The summed E-state index contributed by atoms with van der Waals surface area (Å²) in [6.07, 6.45) is 4.12. The van der Waals surface area contributed by atoms with Crippen molar-refractivity contribution in [2.24, 2.45) is 21.4 Å². The topological polar surface area (TPSA) is 50.7 Å². The predicted molar refractivity (Wildman–Crippen MR) is 43.4 cm³/mol. The lowest BCUT2D eigenvalue weighted by Crippen LogP contribution is -2.15. The Labute approximate surface area is 61.0 Å². The second-order valence-corrected chi connectivity index (χ2v) is 2.96. The number of nitrogens with two attached hydrogens (primary N) is 1. The van der Waals surface area contributed by atoms with Crippen molar-refractivity contribution in [1.29, 1.82) is 0 Å². The van der Waals surface area contributed by atoms with E-state index in [1.807, 2.05) is 0 Å². The number of aliphatic imine (C=N–C) groups is 1. The summed E-state index contributed by atoms with van der Waals surface area (Å²) in [4.78, 5) is 3.88. The van der Waals surface area contributed by atoms with Crippen LogP contribution in [0.1, 0.15) is 19.8 Å². The van der Waals surface area contributed by atoms with Crippen molar-refractivity contribution in [2.75, 3.05) is 7.05 Å². The lowest BCUT2D eigenvalue weighted by atomic mass is 10.0. The number of hydrazone groups is 1. The summed E-state index contributed by atoms with van der Waals surface area (Å²) >= 11 is 0. The average molecular weight is 139 g/mol. The summed E-state index contributed by atoms with van der Waals surface area (Å²) in [7, 11) is 1.73. The Morgan fingerprint density at radius 1 is 1.60 bits per heavy atom. The zero-order valence-electron chi connectivity index (χ0n) is 6.46. The van der Waals surface area contributed by atoms with E-state index in [9.17, 15) is 0 Å². The Morgan fingerprint density at radius 2 is 2.20 bits per heavy atom. The van der Waals surface area contributed by atoms with Gasteiger partial charge >= 0.3 is 0 Å². The molecule has 0 aromatic rings. The van der Waals surface area contributed by atoms with Gasteiger partial charge in [-0.3, -0.25) is 4.99 Å². The maximum Gasteiger partial charge on any atom is 0.0837 e. The molecule has 0 heterocycles. The Morgan fingerprint density at radius 3 is 2.50 bits per heavy atom. The van der Waals surface area contributed by atoms with Crippen LogP contribution in [-0.2, 0) is 0 Å². The molecule has 3 nitrogen and oxygen atoms in total. The molecule has 0 unspecified atom stereocenters. The summed E-state index contributed by atoms with van der Waals surface area (Å²) < 4.78 is 0. The normalized spacial score (nSPS) is 23.6. The van der Waals surface area contributed by atoms with Crippen molar-refractivity contribution >= 4 is 11.9 Å². The van der Waals surface area contributed by atoms with E-state index in [1.54, 1.807) is 13.3 Å².